The molecule has 0 aromatic carbocycles. The van der Waals surface area contributed by atoms with E-state index < -0.39 is 5.97 Å². The first-order chi connectivity index (χ1) is 9.67. The first kappa shape index (κ1) is 14.7. The molecule has 20 heavy (non-hydrogen) atoms. The lowest BCUT2D eigenvalue weighted by Gasteiger charge is -2.32. The Labute approximate surface area is 117 Å². The highest BCUT2D eigenvalue weighted by atomic mass is 19.1. The molecule has 0 spiro atoms. The second kappa shape index (κ2) is 6.65. The highest BCUT2D eigenvalue weighted by Crippen LogP contribution is 2.20. The molecule has 5 nitrogen and oxygen atoms in total. The van der Waals surface area contributed by atoms with Crippen LogP contribution in [0.5, 0.6) is 0 Å². The molecule has 0 N–H and O–H groups in total. The Bertz CT molecular complexity index is 521. The minimum Gasteiger partial charge on any atom is -0.465 e. The number of nitrogens with zero attached hydrogens (tertiary/aromatic N) is 2. The van der Waals surface area contributed by atoms with Crippen LogP contribution in [0.15, 0.2) is 23.1 Å². The van der Waals surface area contributed by atoms with Crippen molar-refractivity contribution in [2.75, 3.05) is 33.4 Å². The minimum absolute atomic E-state index is 0.0567. The van der Waals surface area contributed by atoms with Crippen LogP contribution in [0.1, 0.15) is 29.2 Å². The molecule has 0 atom stereocenters. The lowest BCUT2D eigenvalue weighted by Crippen LogP contribution is -2.39. The van der Waals surface area contributed by atoms with Crippen LogP contribution >= 0.6 is 0 Å². The van der Waals surface area contributed by atoms with Gasteiger partial charge in [0.15, 0.2) is 0 Å². The van der Waals surface area contributed by atoms with E-state index in [4.69, 9.17) is 0 Å². The zero-order valence-corrected chi connectivity index (χ0v) is 11.5. The summed E-state index contributed by atoms with van der Waals surface area (Å²) >= 11 is 0. The zero-order chi connectivity index (χ0) is 14.5. The molecule has 0 amide bonds. The van der Waals surface area contributed by atoms with Gasteiger partial charge in [0.2, 0.25) is 0 Å². The van der Waals surface area contributed by atoms with Crippen LogP contribution in [0, 0.1) is 0 Å². The van der Waals surface area contributed by atoms with Gasteiger partial charge in [-0.2, -0.15) is 0 Å². The zero-order valence-electron chi connectivity index (χ0n) is 11.5. The van der Waals surface area contributed by atoms with Gasteiger partial charge < -0.3 is 14.2 Å². The van der Waals surface area contributed by atoms with Crippen LogP contribution in [0.25, 0.3) is 0 Å². The summed E-state index contributed by atoms with van der Waals surface area (Å²) in [7, 11) is 1.26. The predicted octanol–water partition coefficient (Wildman–Crippen LogP) is 1.24. The highest BCUT2D eigenvalue weighted by molar-refractivity contribution is 5.88. The number of rotatable bonds is 4. The van der Waals surface area contributed by atoms with Gasteiger partial charge in [-0.3, -0.25) is 4.79 Å². The monoisotopic (exact) mass is 282 g/mol. The molecular formula is C14H19FN2O3. The summed E-state index contributed by atoms with van der Waals surface area (Å²) in [5.41, 5.74) is -0.260. The third kappa shape index (κ3) is 3.07. The Kier molecular flexibility index (Phi) is 4.89. The molecule has 1 aliphatic heterocycles. The van der Waals surface area contributed by atoms with E-state index in [-0.39, 0.29) is 23.8 Å². The summed E-state index contributed by atoms with van der Waals surface area (Å²) in [6.45, 7) is 1.64. The lowest BCUT2D eigenvalue weighted by molar-refractivity contribution is 0.0597. The second-order valence-corrected chi connectivity index (χ2v) is 4.89. The minimum atomic E-state index is -0.612. The van der Waals surface area contributed by atoms with Crippen molar-refractivity contribution in [3.63, 3.8) is 0 Å². The SMILES string of the molecule is COC(=O)c1cccn(C2CCN(CCF)CC2)c1=O. The average molecular weight is 282 g/mol. The molecule has 2 heterocycles. The average Bonchev–Trinajstić information content (AvgIpc) is 2.48. The van der Waals surface area contributed by atoms with Gasteiger partial charge in [-0.1, -0.05) is 0 Å². The van der Waals surface area contributed by atoms with Gasteiger partial charge in [0, 0.05) is 31.9 Å². The van der Waals surface area contributed by atoms with Gasteiger partial charge >= 0.3 is 5.97 Å². The van der Waals surface area contributed by atoms with Gasteiger partial charge in [0.05, 0.1) is 7.11 Å². The number of carbonyl (C=O) groups is 1. The van der Waals surface area contributed by atoms with Crippen LogP contribution in [0.2, 0.25) is 0 Å². The highest BCUT2D eigenvalue weighted by Gasteiger charge is 2.22. The van der Waals surface area contributed by atoms with Crippen LogP contribution in [0.4, 0.5) is 4.39 Å². The molecule has 0 radical (unpaired) electrons. The van der Waals surface area contributed by atoms with Crippen molar-refractivity contribution in [3.8, 4) is 0 Å². The van der Waals surface area contributed by atoms with E-state index in [2.05, 4.69) is 4.74 Å². The summed E-state index contributed by atoms with van der Waals surface area (Å²) in [4.78, 5) is 25.8. The van der Waals surface area contributed by atoms with Crippen LogP contribution in [-0.2, 0) is 4.74 Å². The predicted molar refractivity (Wildman–Crippen MR) is 72.7 cm³/mol. The molecule has 1 aliphatic rings. The van der Waals surface area contributed by atoms with Crippen molar-refractivity contribution in [2.24, 2.45) is 0 Å². The molecule has 0 bridgehead atoms. The van der Waals surface area contributed by atoms with E-state index in [9.17, 15) is 14.0 Å². The van der Waals surface area contributed by atoms with Crippen molar-refractivity contribution in [3.05, 3.63) is 34.2 Å². The van der Waals surface area contributed by atoms with Gasteiger partial charge in [0.25, 0.3) is 5.56 Å². The quantitative estimate of drug-likeness (QED) is 0.780. The molecule has 1 aromatic heterocycles. The lowest BCUT2D eigenvalue weighted by atomic mass is 10.0. The number of likely N-dealkylation sites (tertiary alicyclic amines) is 1. The largest absolute Gasteiger partial charge is 0.465 e. The van der Waals surface area contributed by atoms with Crippen LogP contribution in [0.3, 0.4) is 0 Å². The maximum absolute atomic E-state index is 12.3. The number of carbonyl (C=O) groups excluding carboxylic acids is 1. The molecule has 1 aromatic rings. The Morgan fingerprint density at radius 3 is 2.75 bits per heavy atom. The Morgan fingerprint density at radius 1 is 1.45 bits per heavy atom. The Morgan fingerprint density at radius 2 is 2.15 bits per heavy atom. The summed E-state index contributed by atoms with van der Waals surface area (Å²) in [5.74, 6) is -0.612. The number of hydrogen-bond donors (Lipinski definition) is 0. The molecule has 1 fully saturated rings. The summed E-state index contributed by atoms with van der Waals surface area (Å²) < 4.78 is 18.5. The van der Waals surface area contributed by atoms with Crippen molar-refractivity contribution in [1.29, 1.82) is 0 Å². The second-order valence-electron chi connectivity index (χ2n) is 4.89. The normalized spacial score (nSPS) is 17.1. The summed E-state index contributed by atoms with van der Waals surface area (Å²) in [6.07, 6.45) is 3.26. The molecule has 110 valence electrons. The number of piperidine rings is 1. The summed E-state index contributed by atoms with van der Waals surface area (Å²) in [5, 5.41) is 0. The smallest absolute Gasteiger partial charge is 0.343 e. The first-order valence-corrected chi connectivity index (χ1v) is 6.75. The molecule has 0 unspecified atom stereocenters. The molecule has 1 saturated heterocycles. The number of alkyl halides is 1. The van der Waals surface area contributed by atoms with Gasteiger partial charge in [-0.15, -0.1) is 0 Å². The number of esters is 1. The van der Waals surface area contributed by atoms with E-state index in [1.165, 1.54) is 13.2 Å². The fraction of sp³-hybridized carbons (Fsp3) is 0.571. The van der Waals surface area contributed by atoms with Crippen molar-refractivity contribution in [2.45, 2.75) is 18.9 Å². The van der Waals surface area contributed by atoms with Crippen molar-refractivity contribution < 1.29 is 13.9 Å². The van der Waals surface area contributed by atoms with E-state index in [0.717, 1.165) is 25.9 Å². The number of pyridine rings is 1. The molecule has 0 aliphatic carbocycles. The van der Waals surface area contributed by atoms with Crippen molar-refractivity contribution >= 4 is 5.97 Å². The van der Waals surface area contributed by atoms with Gasteiger partial charge in [0.1, 0.15) is 12.2 Å². The number of methoxy groups -OCH3 is 1. The molecule has 0 saturated carbocycles. The maximum atomic E-state index is 12.3. The number of ether oxygens (including phenoxy) is 1. The Hall–Kier alpha value is -1.69. The third-order valence-corrected chi connectivity index (χ3v) is 3.73. The van der Waals surface area contributed by atoms with Crippen LogP contribution in [-0.4, -0.2) is 48.9 Å². The topological polar surface area (TPSA) is 51.5 Å². The fourth-order valence-electron chi connectivity index (χ4n) is 2.60. The van der Waals surface area contributed by atoms with E-state index in [1.54, 1.807) is 16.8 Å². The summed E-state index contributed by atoms with van der Waals surface area (Å²) in [6, 6.07) is 3.22. The fourth-order valence-corrected chi connectivity index (χ4v) is 2.60. The number of hydrogen-bond acceptors (Lipinski definition) is 4. The molecular weight excluding hydrogens is 263 g/mol. The first-order valence-electron chi connectivity index (χ1n) is 6.75. The van der Waals surface area contributed by atoms with Gasteiger partial charge in [-0.25, -0.2) is 9.18 Å². The standard InChI is InChI=1S/C14H19FN2O3/c1-20-14(19)12-3-2-7-17(13(12)18)11-4-8-16(9-5-11)10-6-15/h2-3,7,11H,4-6,8-10H2,1H3. The maximum Gasteiger partial charge on any atom is 0.343 e. The van der Waals surface area contributed by atoms with E-state index >= 15 is 0 Å². The molecule has 6 heteroatoms. The number of halogens is 1. The van der Waals surface area contributed by atoms with Crippen molar-refractivity contribution in [1.82, 2.24) is 9.47 Å². The van der Waals surface area contributed by atoms with E-state index in [1.807, 2.05) is 4.90 Å². The van der Waals surface area contributed by atoms with Gasteiger partial charge in [-0.05, 0) is 25.0 Å². The Balaban J connectivity index is 2.14. The van der Waals surface area contributed by atoms with Crippen LogP contribution < -0.4 is 5.56 Å². The molecule has 2 rings (SSSR count). The number of aromatic nitrogens is 1. The third-order valence-electron chi connectivity index (χ3n) is 3.73. The van der Waals surface area contributed by atoms with E-state index in [0.29, 0.717) is 6.54 Å².